The zero-order valence-corrected chi connectivity index (χ0v) is 16.9. The second kappa shape index (κ2) is 9.41. The molecular formula is C22H30N4O3. The summed E-state index contributed by atoms with van der Waals surface area (Å²) < 4.78 is 5.38. The van der Waals surface area contributed by atoms with Crippen LogP contribution in [0.25, 0.3) is 10.9 Å². The van der Waals surface area contributed by atoms with Crippen LogP contribution in [0.3, 0.4) is 0 Å². The van der Waals surface area contributed by atoms with Crippen LogP contribution >= 0.6 is 0 Å². The zero-order valence-electron chi connectivity index (χ0n) is 16.9. The van der Waals surface area contributed by atoms with E-state index in [-0.39, 0.29) is 17.7 Å². The second-order valence-electron chi connectivity index (χ2n) is 7.96. The number of hydrogen-bond acceptors (Lipinski definition) is 4. The molecule has 2 aromatic rings. The Hall–Kier alpha value is -2.38. The van der Waals surface area contributed by atoms with E-state index in [0.717, 1.165) is 62.3 Å². The number of carbonyl (C=O) groups excluding carboxylic acids is 2. The number of likely N-dealkylation sites (tertiary alicyclic amines) is 1. The van der Waals surface area contributed by atoms with Gasteiger partial charge in [0.15, 0.2) is 0 Å². The molecule has 3 heterocycles. The van der Waals surface area contributed by atoms with Gasteiger partial charge in [-0.05, 0) is 30.5 Å². The van der Waals surface area contributed by atoms with E-state index < -0.39 is 0 Å². The van der Waals surface area contributed by atoms with Crippen molar-refractivity contribution in [3.63, 3.8) is 0 Å². The molecule has 0 aliphatic carbocycles. The summed E-state index contributed by atoms with van der Waals surface area (Å²) in [6.45, 7) is 6.26. The van der Waals surface area contributed by atoms with Crippen molar-refractivity contribution in [2.75, 3.05) is 45.9 Å². The van der Waals surface area contributed by atoms with Crippen LogP contribution in [0.1, 0.15) is 24.8 Å². The van der Waals surface area contributed by atoms with E-state index in [1.165, 1.54) is 0 Å². The van der Waals surface area contributed by atoms with Crippen LogP contribution in [0, 0.1) is 5.92 Å². The van der Waals surface area contributed by atoms with Gasteiger partial charge >= 0.3 is 0 Å². The molecule has 2 saturated heterocycles. The molecule has 2 aliphatic rings. The van der Waals surface area contributed by atoms with Gasteiger partial charge in [-0.3, -0.25) is 14.5 Å². The quantitative estimate of drug-likeness (QED) is 0.745. The molecule has 2 N–H and O–H groups in total. The second-order valence-corrected chi connectivity index (χ2v) is 7.96. The van der Waals surface area contributed by atoms with E-state index in [4.69, 9.17) is 4.74 Å². The predicted molar refractivity (Wildman–Crippen MR) is 111 cm³/mol. The number of rotatable bonds is 7. The van der Waals surface area contributed by atoms with Crippen LogP contribution in [-0.2, 0) is 20.9 Å². The van der Waals surface area contributed by atoms with Gasteiger partial charge in [0, 0.05) is 62.8 Å². The lowest BCUT2D eigenvalue weighted by atomic mass is 9.96. The normalized spacial score (nSPS) is 20.9. The first-order valence-corrected chi connectivity index (χ1v) is 10.6. The number of aromatic nitrogens is 1. The molecule has 2 aliphatic heterocycles. The van der Waals surface area contributed by atoms with E-state index >= 15 is 0 Å². The molecule has 0 saturated carbocycles. The van der Waals surface area contributed by atoms with Crippen molar-refractivity contribution < 1.29 is 14.3 Å². The summed E-state index contributed by atoms with van der Waals surface area (Å²) in [6.07, 6.45) is 3.95. The number of morpholine rings is 1. The molecule has 2 amide bonds. The summed E-state index contributed by atoms with van der Waals surface area (Å²) in [5.41, 5.74) is 2.18. The Morgan fingerprint density at radius 3 is 2.93 bits per heavy atom. The molecule has 1 unspecified atom stereocenters. The fraction of sp³-hybridized carbons (Fsp3) is 0.545. The third-order valence-corrected chi connectivity index (χ3v) is 6.02. The number of piperidine rings is 1. The van der Waals surface area contributed by atoms with Gasteiger partial charge in [-0.15, -0.1) is 0 Å². The molecule has 4 rings (SSSR count). The van der Waals surface area contributed by atoms with Crippen molar-refractivity contribution in [2.24, 2.45) is 5.92 Å². The highest BCUT2D eigenvalue weighted by molar-refractivity contribution is 5.85. The highest BCUT2D eigenvalue weighted by Crippen LogP contribution is 2.20. The van der Waals surface area contributed by atoms with Crippen LogP contribution in [0.15, 0.2) is 30.5 Å². The smallest absolute Gasteiger partial charge is 0.225 e. The molecule has 0 radical (unpaired) electrons. The number of nitrogens with zero attached hydrogens (tertiary/aromatic N) is 2. The van der Waals surface area contributed by atoms with E-state index in [0.29, 0.717) is 25.9 Å². The number of fused-ring (bicyclic) bond motifs is 1. The van der Waals surface area contributed by atoms with Crippen LogP contribution in [-0.4, -0.2) is 72.5 Å². The first kappa shape index (κ1) is 19.9. The highest BCUT2D eigenvalue weighted by atomic mass is 16.5. The van der Waals surface area contributed by atoms with Crippen LogP contribution in [0.4, 0.5) is 0 Å². The van der Waals surface area contributed by atoms with Gasteiger partial charge in [-0.2, -0.15) is 0 Å². The van der Waals surface area contributed by atoms with Crippen molar-refractivity contribution >= 4 is 22.7 Å². The Kier molecular flexibility index (Phi) is 6.46. The highest BCUT2D eigenvalue weighted by Gasteiger charge is 2.30. The van der Waals surface area contributed by atoms with Crippen molar-refractivity contribution in [1.82, 2.24) is 20.1 Å². The molecule has 0 bridgehead atoms. The maximum atomic E-state index is 12.7. The summed E-state index contributed by atoms with van der Waals surface area (Å²) >= 11 is 0. The number of H-pyrrole nitrogens is 1. The molecule has 7 heteroatoms. The summed E-state index contributed by atoms with van der Waals surface area (Å²) in [5, 5.41) is 4.22. The number of nitrogens with one attached hydrogen (secondary N) is 2. The van der Waals surface area contributed by atoms with Crippen molar-refractivity contribution in [1.29, 1.82) is 0 Å². The van der Waals surface area contributed by atoms with Gasteiger partial charge in [-0.25, -0.2) is 0 Å². The van der Waals surface area contributed by atoms with Gasteiger partial charge in [0.05, 0.1) is 19.1 Å². The van der Waals surface area contributed by atoms with Crippen LogP contribution in [0.2, 0.25) is 0 Å². The predicted octanol–water partition coefficient (Wildman–Crippen LogP) is 1.74. The Bertz CT molecular complexity index is 843. The van der Waals surface area contributed by atoms with Crippen molar-refractivity contribution in [2.45, 2.75) is 25.8 Å². The molecular weight excluding hydrogens is 368 g/mol. The molecule has 7 nitrogen and oxygen atoms in total. The minimum absolute atomic E-state index is 0.0446. The lowest BCUT2D eigenvalue weighted by Crippen LogP contribution is -2.46. The molecule has 2 fully saturated rings. The number of aromatic amines is 1. The number of amides is 2. The molecule has 1 aromatic carbocycles. The fourth-order valence-corrected chi connectivity index (χ4v) is 4.29. The van der Waals surface area contributed by atoms with E-state index in [1.807, 2.05) is 35.4 Å². The molecule has 1 aromatic heterocycles. The minimum atomic E-state index is -0.124. The third kappa shape index (κ3) is 4.97. The molecule has 0 spiro atoms. The fourth-order valence-electron chi connectivity index (χ4n) is 4.29. The van der Waals surface area contributed by atoms with Crippen molar-refractivity contribution in [3.8, 4) is 0 Å². The number of benzene rings is 1. The summed E-state index contributed by atoms with van der Waals surface area (Å²) in [6, 6.07) is 8.10. The van der Waals surface area contributed by atoms with Crippen LogP contribution < -0.4 is 5.32 Å². The Balaban J connectivity index is 1.26. The van der Waals surface area contributed by atoms with E-state index in [1.54, 1.807) is 0 Å². The topological polar surface area (TPSA) is 77.7 Å². The SMILES string of the molecule is O=C(NCc1cccc2[nH]ccc12)C1CCC(=O)N(CCCN2CCOCC2)C1. The molecule has 1 atom stereocenters. The van der Waals surface area contributed by atoms with Crippen molar-refractivity contribution in [3.05, 3.63) is 36.0 Å². The summed E-state index contributed by atoms with van der Waals surface area (Å²) in [7, 11) is 0. The van der Waals surface area contributed by atoms with Gasteiger partial charge < -0.3 is 19.9 Å². The lowest BCUT2D eigenvalue weighted by molar-refractivity contribution is -0.138. The monoisotopic (exact) mass is 398 g/mol. The average molecular weight is 399 g/mol. The third-order valence-electron chi connectivity index (χ3n) is 6.02. The first-order chi connectivity index (χ1) is 14.2. The zero-order chi connectivity index (χ0) is 20.1. The van der Waals surface area contributed by atoms with Gasteiger partial charge in [0.25, 0.3) is 0 Å². The summed E-state index contributed by atoms with van der Waals surface area (Å²) in [5.74, 6) is 0.0952. The Morgan fingerprint density at radius 2 is 2.07 bits per heavy atom. The van der Waals surface area contributed by atoms with Crippen LogP contribution in [0.5, 0.6) is 0 Å². The Labute approximate surface area is 171 Å². The van der Waals surface area contributed by atoms with Gasteiger partial charge in [-0.1, -0.05) is 12.1 Å². The van der Waals surface area contributed by atoms with E-state index in [9.17, 15) is 9.59 Å². The first-order valence-electron chi connectivity index (χ1n) is 10.6. The standard InChI is InChI=1S/C22H30N4O3/c27-21-6-5-18(16-26(21)10-2-9-25-11-13-29-14-12-25)22(28)24-15-17-3-1-4-20-19(17)7-8-23-20/h1,3-4,7-8,18,23H,2,5-6,9-16H2,(H,24,28). The van der Waals surface area contributed by atoms with Gasteiger partial charge in [0.2, 0.25) is 11.8 Å². The minimum Gasteiger partial charge on any atom is -0.379 e. The largest absolute Gasteiger partial charge is 0.379 e. The average Bonchev–Trinajstić information content (AvgIpc) is 3.23. The maximum Gasteiger partial charge on any atom is 0.225 e. The van der Waals surface area contributed by atoms with E-state index in [2.05, 4.69) is 15.2 Å². The number of hydrogen-bond donors (Lipinski definition) is 2. The molecule has 156 valence electrons. The number of carbonyl (C=O) groups is 2. The molecule has 29 heavy (non-hydrogen) atoms. The Morgan fingerprint density at radius 1 is 1.21 bits per heavy atom. The number of ether oxygens (including phenoxy) is 1. The lowest BCUT2D eigenvalue weighted by Gasteiger charge is -2.33. The van der Waals surface area contributed by atoms with Gasteiger partial charge in [0.1, 0.15) is 0 Å². The summed E-state index contributed by atoms with van der Waals surface area (Å²) in [4.78, 5) is 32.5. The maximum absolute atomic E-state index is 12.7.